The molecule has 0 unspecified atom stereocenters. The molecule has 1 aliphatic heterocycles. The number of rotatable bonds is 4. The first kappa shape index (κ1) is 13.8. The van der Waals surface area contributed by atoms with E-state index < -0.39 is 0 Å². The Morgan fingerprint density at radius 2 is 1.83 bits per heavy atom. The van der Waals surface area contributed by atoms with Crippen LogP contribution >= 0.6 is 24.2 Å². The standard InChI is InChI=1S/C14H19ClN2S/c15-13-5-1-2-6-14(13)17-10-8-16(9-11-17)7-3-4-12-18/h1-6,18H,7-12H2. The number of piperazine rings is 1. The molecule has 2 nitrogen and oxygen atoms in total. The number of thiol groups is 1. The van der Waals surface area contributed by atoms with E-state index in [1.54, 1.807) is 0 Å². The van der Waals surface area contributed by atoms with Gasteiger partial charge >= 0.3 is 0 Å². The zero-order chi connectivity index (χ0) is 12.8. The molecular formula is C14H19ClN2S. The van der Waals surface area contributed by atoms with Crippen LogP contribution in [0.3, 0.4) is 0 Å². The van der Waals surface area contributed by atoms with Gasteiger partial charge < -0.3 is 4.90 Å². The van der Waals surface area contributed by atoms with Crippen LogP contribution in [-0.2, 0) is 0 Å². The highest BCUT2D eigenvalue weighted by Gasteiger charge is 2.17. The van der Waals surface area contributed by atoms with E-state index in [1.807, 2.05) is 18.2 Å². The summed E-state index contributed by atoms with van der Waals surface area (Å²) in [5, 5.41) is 0.848. The van der Waals surface area contributed by atoms with E-state index in [9.17, 15) is 0 Å². The van der Waals surface area contributed by atoms with Crippen molar-refractivity contribution in [2.24, 2.45) is 0 Å². The fraction of sp³-hybridized carbons (Fsp3) is 0.429. The molecule has 0 radical (unpaired) electrons. The molecule has 1 aromatic rings. The lowest BCUT2D eigenvalue weighted by Gasteiger charge is -2.36. The van der Waals surface area contributed by atoms with E-state index in [1.165, 1.54) is 0 Å². The van der Waals surface area contributed by atoms with Gasteiger partial charge in [-0.05, 0) is 12.1 Å². The predicted octanol–water partition coefficient (Wildman–Crippen LogP) is 2.95. The molecule has 1 fully saturated rings. The Morgan fingerprint density at radius 3 is 2.50 bits per heavy atom. The van der Waals surface area contributed by atoms with Crippen LogP contribution < -0.4 is 4.90 Å². The first-order valence-corrected chi connectivity index (χ1v) is 7.30. The smallest absolute Gasteiger partial charge is 0.0639 e. The first-order valence-electron chi connectivity index (χ1n) is 6.29. The SMILES string of the molecule is SCC=CCN1CCN(c2ccccc2Cl)CC1. The Kier molecular flexibility index (Phi) is 5.42. The summed E-state index contributed by atoms with van der Waals surface area (Å²) in [4.78, 5) is 4.81. The molecule has 0 atom stereocenters. The largest absolute Gasteiger partial charge is 0.368 e. The third-order valence-corrected chi connectivity index (χ3v) is 3.73. The second-order valence-electron chi connectivity index (χ2n) is 4.39. The highest BCUT2D eigenvalue weighted by Crippen LogP contribution is 2.25. The minimum atomic E-state index is 0.819. The Balaban J connectivity index is 1.87. The van der Waals surface area contributed by atoms with Crippen molar-refractivity contribution >= 4 is 29.9 Å². The first-order chi connectivity index (χ1) is 8.81. The van der Waals surface area contributed by atoms with Gasteiger partial charge in [0.15, 0.2) is 0 Å². The van der Waals surface area contributed by atoms with Crippen molar-refractivity contribution in [1.82, 2.24) is 4.90 Å². The quantitative estimate of drug-likeness (QED) is 0.670. The second-order valence-corrected chi connectivity index (χ2v) is 5.17. The summed E-state index contributed by atoms with van der Waals surface area (Å²) in [5.41, 5.74) is 1.16. The van der Waals surface area contributed by atoms with Crippen LogP contribution in [0.1, 0.15) is 0 Å². The van der Waals surface area contributed by atoms with E-state index in [0.29, 0.717) is 0 Å². The van der Waals surface area contributed by atoms with Gasteiger partial charge in [0.2, 0.25) is 0 Å². The van der Waals surface area contributed by atoms with Crippen LogP contribution in [0.15, 0.2) is 36.4 Å². The van der Waals surface area contributed by atoms with Gasteiger partial charge in [0, 0.05) is 38.5 Å². The molecule has 0 aliphatic carbocycles. The molecule has 18 heavy (non-hydrogen) atoms. The van der Waals surface area contributed by atoms with Crippen molar-refractivity contribution in [2.75, 3.05) is 43.4 Å². The second kappa shape index (κ2) is 7.07. The molecule has 1 aliphatic rings. The van der Waals surface area contributed by atoms with Crippen molar-refractivity contribution < 1.29 is 0 Å². The predicted molar refractivity (Wildman–Crippen MR) is 83.1 cm³/mol. The number of para-hydroxylation sites is 1. The maximum Gasteiger partial charge on any atom is 0.0639 e. The van der Waals surface area contributed by atoms with E-state index in [0.717, 1.165) is 49.2 Å². The lowest BCUT2D eigenvalue weighted by Crippen LogP contribution is -2.46. The van der Waals surface area contributed by atoms with Crippen molar-refractivity contribution in [2.45, 2.75) is 0 Å². The highest BCUT2D eigenvalue weighted by molar-refractivity contribution is 7.80. The molecular weight excluding hydrogens is 264 g/mol. The molecule has 1 aromatic carbocycles. The van der Waals surface area contributed by atoms with Crippen molar-refractivity contribution in [3.8, 4) is 0 Å². The number of benzene rings is 1. The average molecular weight is 283 g/mol. The van der Waals surface area contributed by atoms with Gasteiger partial charge in [-0.3, -0.25) is 4.90 Å². The highest BCUT2D eigenvalue weighted by atomic mass is 35.5. The van der Waals surface area contributed by atoms with Gasteiger partial charge in [-0.2, -0.15) is 12.6 Å². The molecule has 98 valence electrons. The summed E-state index contributed by atoms with van der Waals surface area (Å²) in [6.45, 7) is 5.28. The van der Waals surface area contributed by atoms with Gasteiger partial charge in [0.05, 0.1) is 10.7 Å². The minimum Gasteiger partial charge on any atom is -0.368 e. The summed E-state index contributed by atoms with van der Waals surface area (Å²) in [6, 6.07) is 8.07. The number of anilines is 1. The van der Waals surface area contributed by atoms with Gasteiger partial charge in [-0.1, -0.05) is 35.9 Å². The molecule has 2 rings (SSSR count). The molecule has 1 heterocycles. The number of nitrogens with zero attached hydrogens (tertiary/aromatic N) is 2. The summed E-state index contributed by atoms with van der Waals surface area (Å²) in [5.74, 6) is 0.819. The van der Waals surface area contributed by atoms with Gasteiger partial charge in [0.1, 0.15) is 0 Å². The van der Waals surface area contributed by atoms with Gasteiger partial charge in [0.25, 0.3) is 0 Å². The summed E-state index contributed by atoms with van der Waals surface area (Å²) in [7, 11) is 0. The molecule has 4 heteroatoms. The summed E-state index contributed by atoms with van der Waals surface area (Å²) < 4.78 is 0. The van der Waals surface area contributed by atoms with Crippen LogP contribution in [0.25, 0.3) is 0 Å². The molecule has 0 bridgehead atoms. The number of hydrogen-bond donors (Lipinski definition) is 1. The van der Waals surface area contributed by atoms with E-state index in [2.05, 4.69) is 40.6 Å². The van der Waals surface area contributed by atoms with Crippen molar-refractivity contribution in [3.63, 3.8) is 0 Å². The van der Waals surface area contributed by atoms with E-state index in [-0.39, 0.29) is 0 Å². The molecule has 0 amide bonds. The van der Waals surface area contributed by atoms with Crippen LogP contribution in [0, 0.1) is 0 Å². The fourth-order valence-corrected chi connectivity index (χ4v) is 2.58. The topological polar surface area (TPSA) is 6.48 Å². The molecule has 1 saturated heterocycles. The van der Waals surface area contributed by atoms with Crippen LogP contribution in [0.4, 0.5) is 5.69 Å². The maximum atomic E-state index is 6.22. The minimum absolute atomic E-state index is 0.819. The van der Waals surface area contributed by atoms with Gasteiger partial charge in [-0.25, -0.2) is 0 Å². The van der Waals surface area contributed by atoms with Gasteiger partial charge in [-0.15, -0.1) is 0 Å². The normalized spacial score (nSPS) is 17.6. The third kappa shape index (κ3) is 3.67. The Bertz CT molecular complexity index is 401. The Hall–Kier alpha value is -0.640. The van der Waals surface area contributed by atoms with Crippen LogP contribution in [0.5, 0.6) is 0 Å². The maximum absolute atomic E-state index is 6.22. The monoisotopic (exact) mass is 282 g/mol. The van der Waals surface area contributed by atoms with E-state index >= 15 is 0 Å². The van der Waals surface area contributed by atoms with Crippen molar-refractivity contribution in [3.05, 3.63) is 41.4 Å². The fourth-order valence-electron chi connectivity index (χ4n) is 2.18. The van der Waals surface area contributed by atoms with E-state index in [4.69, 9.17) is 11.6 Å². The lowest BCUT2D eigenvalue weighted by atomic mass is 10.2. The van der Waals surface area contributed by atoms with Crippen LogP contribution in [-0.4, -0.2) is 43.4 Å². The molecule has 0 aromatic heterocycles. The third-order valence-electron chi connectivity index (χ3n) is 3.20. The Morgan fingerprint density at radius 1 is 1.11 bits per heavy atom. The zero-order valence-corrected chi connectivity index (χ0v) is 12.1. The van der Waals surface area contributed by atoms with Crippen LogP contribution in [0.2, 0.25) is 5.02 Å². The Labute approximate surface area is 120 Å². The summed E-state index contributed by atoms with van der Waals surface area (Å²) in [6.07, 6.45) is 4.29. The number of halogens is 1. The molecule has 0 spiro atoms. The van der Waals surface area contributed by atoms with Crippen molar-refractivity contribution in [1.29, 1.82) is 0 Å². The molecule has 0 N–H and O–H groups in total. The molecule has 0 saturated carbocycles. The average Bonchev–Trinajstić information content (AvgIpc) is 2.41. The summed E-state index contributed by atoms with van der Waals surface area (Å²) >= 11 is 10.4. The zero-order valence-electron chi connectivity index (χ0n) is 10.4. The number of hydrogen-bond acceptors (Lipinski definition) is 3. The lowest BCUT2D eigenvalue weighted by molar-refractivity contribution is 0.284.